The molecular weight excluding hydrogens is 456 g/mol. The molecule has 0 aromatic heterocycles. The zero-order chi connectivity index (χ0) is 24.2. The molecule has 1 saturated heterocycles. The minimum Gasteiger partial charge on any atom is -0.493 e. The van der Waals surface area contributed by atoms with Crippen molar-refractivity contribution in [1.29, 1.82) is 0 Å². The van der Waals surface area contributed by atoms with Crippen molar-refractivity contribution in [1.82, 2.24) is 0 Å². The van der Waals surface area contributed by atoms with E-state index in [1.165, 1.54) is 45.2 Å². The number of nitrogens with zero attached hydrogens (tertiary/aromatic N) is 2. The van der Waals surface area contributed by atoms with E-state index in [0.717, 1.165) is 11.1 Å². The lowest BCUT2D eigenvalue weighted by molar-refractivity contribution is -0.384. The molecule has 0 N–H and O–H groups in total. The Kier molecular flexibility index (Phi) is 6.74. The minimum atomic E-state index is -0.516. The third kappa shape index (κ3) is 4.42. The van der Waals surface area contributed by atoms with Crippen molar-refractivity contribution >= 4 is 35.1 Å². The molecule has 1 atom stereocenters. The fourth-order valence-corrected chi connectivity index (χ4v) is 4.95. The molecule has 1 heterocycles. The smallest absolute Gasteiger partial charge is 0.271 e. The van der Waals surface area contributed by atoms with Crippen LogP contribution < -0.4 is 19.1 Å². The maximum atomic E-state index is 13.6. The molecule has 1 aliphatic heterocycles. The monoisotopic (exact) mass is 478 g/mol. The van der Waals surface area contributed by atoms with E-state index in [9.17, 15) is 14.9 Å². The number of amides is 1. The van der Waals surface area contributed by atoms with Crippen LogP contribution in [0, 0.1) is 10.1 Å². The fourth-order valence-electron chi connectivity index (χ4n) is 3.72. The van der Waals surface area contributed by atoms with Crippen LogP contribution in [-0.4, -0.2) is 32.2 Å². The van der Waals surface area contributed by atoms with E-state index < -0.39 is 10.3 Å². The van der Waals surface area contributed by atoms with Gasteiger partial charge in [-0.2, -0.15) is 0 Å². The van der Waals surface area contributed by atoms with E-state index >= 15 is 0 Å². The zero-order valence-electron chi connectivity index (χ0n) is 18.8. The van der Waals surface area contributed by atoms with E-state index in [1.54, 1.807) is 29.2 Å². The predicted octanol–water partition coefficient (Wildman–Crippen LogP) is 5.44. The number of rotatable bonds is 7. The van der Waals surface area contributed by atoms with Gasteiger partial charge < -0.3 is 14.2 Å². The molecule has 34 heavy (non-hydrogen) atoms. The molecule has 174 valence electrons. The number of carbonyl (C=O) groups is 1. The van der Waals surface area contributed by atoms with Crippen molar-refractivity contribution in [2.75, 3.05) is 26.2 Å². The summed E-state index contributed by atoms with van der Waals surface area (Å²) in [5.41, 5.74) is 1.92. The highest BCUT2D eigenvalue weighted by Gasteiger charge is 2.39. The highest BCUT2D eigenvalue weighted by molar-refractivity contribution is 8.05. The van der Waals surface area contributed by atoms with Gasteiger partial charge >= 0.3 is 0 Å². The average molecular weight is 479 g/mol. The van der Waals surface area contributed by atoms with Crippen LogP contribution in [0.15, 0.2) is 71.6 Å². The highest BCUT2D eigenvalue weighted by Crippen LogP contribution is 2.51. The number of hydrogen-bond donors (Lipinski definition) is 0. The summed E-state index contributed by atoms with van der Waals surface area (Å²) in [4.78, 5) is 26.5. The van der Waals surface area contributed by atoms with E-state index in [4.69, 9.17) is 14.2 Å². The average Bonchev–Trinajstić information content (AvgIpc) is 3.19. The second-order valence-electron chi connectivity index (χ2n) is 7.30. The van der Waals surface area contributed by atoms with Crippen molar-refractivity contribution in [2.24, 2.45) is 0 Å². The summed E-state index contributed by atoms with van der Waals surface area (Å²) in [5.74, 6) is 1.08. The van der Waals surface area contributed by atoms with E-state index in [1.807, 2.05) is 36.4 Å². The topological polar surface area (TPSA) is 91.1 Å². The van der Waals surface area contributed by atoms with E-state index in [2.05, 4.69) is 0 Å². The molecule has 0 saturated carbocycles. The summed E-state index contributed by atoms with van der Waals surface area (Å²) < 4.78 is 16.4. The normalized spacial score (nSPS) is 16.6. The number of ether oxygens (including phenoxy) is 3. The lowest BCUT2D eigenvalue weighted by atomic mass is 10.1. The van der Waals surface area contributed by atoms with Crippen molar-refractivity contribution in [2.45, 2.75) is 5.37 Å². The lowest BCUT2D eigenvalue weighted by Gasteiger charge is -2.25. The Morgan fingerprint density at radius 3 is 2.21 bits per heavy atom. The summed E-state index contributed by atoms with van der Waals surface area (Å²) in [6, 6.07) is 19.1. The Hall–Kier alpha value is -3.98. The highest BCUT2D eigenvalue weighted by atomic mass is 32.2. The molecule has 0 aliphatic carbocycles. The summed E-state index contributed by atoms with van der Waals surface area (Å²) in [7, 11) is 4.56. The van der Waals surface area contributed by atoms with Crippen LogP contribution in [0.4, 0.5) is 11.4 Å². The van der Waals surface area contributed by atoms with Gasteiger partial charge in [-0.05, 0) is 35.4 Å². The summed E-state index contributed by atoms with van der Waals surface area (Å²) in [6.07, 6.45) is 1.81. The van der Waals surface area contributed by atoms with Crippen molar-refractivity contribution in [3.8, 4) is 17.2 Å². The Morgan fingerprint density at radius 1 is 0.941 bits per heavy atom. The van der Waals surface area contributed by atoms with Gasteiger partial charge in [0.05, 0.1) is 36.8 Å². The lowest BCUT2D eigenvalue weighted by Crippen LogP contribution is -2.27. The largest absolute Gasteiger partial charge is 0.493 e. The van der Waals surface area contributed by atoms with Crippen molar-refractivity contribution < 1.29 is 23.9 Å². The van der Waals surface area contributed by atoms with Crippen LogP contribution in [0.1, 0.15) is 16.5 Å². The molecule has 0 radical (unpaired) electrons. The third-order valence-corrected chi connectivity index (χ3v) is 6.54. The summed E-state index contributed by atoms with van der Waals surface area (Å²) in [6.45, 7) is 0. The molecule has 9 heteroatoms. The van der Waals surface area contributed by atoms with Crippen molar-refractivity contribution in [3.63, 3.8) is 0 Å². The van der Waals surface area contributed by atoms with Gasteiger partial charge in [0, 0.05) is 12.1 Å². The SMILES string of the molecule is COc1cc(C2SC(=Cc3ccccc3)C(=O)N2c2cccc([N+](=O)[O-])c2)cc(OC)c1OC. The number of carbonyl (C=O) groups excluding carboxylic acids is 1. The Bertz CT molecular complexity index is 1240. The molecule has 8 nitrogen and oxygen atoms in total. The molecule has 1 amide bonds. The van der Waals surface area contributed by atoms with Crippen LogP contribution in [-0.2, 0) is 4.79 Å². The van der Waals surface area contributed by atoms with E-state index in [-0.39, 0.29) is 11.6 Å². The van der Waals surface area contributed by atoms with Crippen LogP contribution in [0.3, 0.4) is 0 Å². The molecule has 3 aromatic rings. The Labute approximate surface area is 200 Å². The van der Waals surface area contributed by atoms with Gasteiger partial charge in [0.1, 0.15) is 5.37 Å². The number of nitro benzene ring substituents is 1. The minimum absolute atomic E-state index is 0.0977. The molecule has 1 aliphatic rings. The first-order valence-electron chi connectivity index (χ1n) is 10.3. The number of anilines is 1. The summed E-state index contributed by atoms with van der Waals surface area (Å²) >= 11 is 1.35. The molecule has 0 spiro atoms. The Balaban J connectivity index is 1.86. The van der Waals surface area contributed by atoms with Gasteiger partial charge in [0.2, 0.25) is 5.75 Å². The second-order valence-corrected chi connectivity index (χ2v) is 8.42. The first kappa shape index (κ1) is 23.2. The van der Waals surface area contributed by atoms with Crippen LogP contribution in [0.5, 0.6) is 17.2 Å². The number of methoxy groups -OCH3 is 3. The van der Waals surface area contributed by atoms with Crippen LogP contribution >= 0.6 is 11.8 Å². The number of benzene rings is 3. The maximum absolute atomic E-state index is 13.6. The summed E-state index contributed by atoms with van der Waals surface area (Å²) in [5, 5.41) is 10.9. The predicted molar refractivity (Wildman–Crippen MR) is 131 cm³/mol. The number of nitro groups is 1. The maximum Gasteiger partial charge on any atom is 0.271 e. The number of hydrogen-bond acceptors (Lipinski definition) is 7. The van der Waals surface area contributed by atoms with Gasteiger partial charge in [-0.15, -0.1) is 0 Å². The fraction of sp³-hybridized carbons (Fsp3) is 0.160. The standard InChI is InChI=1S/C25H22N2O6S/c1-31-20-13-17(14-21(32-2)23(20)33-3)25-26(18-10-7-11-19(15-18)27(29)30)24(28)22(34-25)12-16-8-5-4-6-9-16/h4-15,25H,1-3H3. The van der Waals surface area contributed by atoms with Gasteiger partial charge in [0.15, 0.2) is 11.5 Å². The van der Waals surface area contributed by atoms with Crippen LogP contribution in [0.2, 0.25) is 0 Å². The van der Waals surface area contributed by atoms with Gasteiger partial charge in [-0.25, -0.2) is 0 Å². The van der Waals surface area contributed by atoms with E-state index in [0.29, 0.717) is 27.8 Å². The van der Waals surface area contributed by atoms with Crippen molar-refractivity contribution in [3.05, 3.63) is 92.9 Å². The molecular formula is C25H22N2O6S. The van der Waals surface area contributed by atoms with Gasteiger partial charge in [-0.3, -0.25) is 19.8 Å². The van der Waals surface area contributed by atoms with Gasteiger partial charge in [0.25, 0.3) is 11.6 Å². The zero-order valence-corrected chi connectivity index (χ0v) is 19.6. The molecule has 1 fully saturated rings. The quantitative estimate of drug-likeness (QED) is 0.254. The first-order valence-corrected chi connectivity index (χ1v) is 11.2. The Morgan fingerprint density at radius 2 is 1.62 bits per heavy atom. The van der Waals surface area contributed by atoms with Crippen LogP contribution in [0.25, 0.3) is 6.08 Å². The molecule has 1 unspecified atom stereocenters. The third-order valence-electron chi connectivity index (χ3n) is 5.29. The molecule has 4 rings (SSSR count). The number of thioether (sulfide) groups is 1. The molecule has 3 aromatic carbocycles. The first-order chi connectivity index (χ1) is 16.5. The second kappa shape index (κ2) is 9.88. The number of non-ortho nitro benzene ring substituents is 1. The van der Waals surface area contributed by atoms with Gasteiger partial charge in [-0.1, -0.05) is 48.2 Å². The molecule has 0 bridgehead atoms.